The summed E-state index contributed by atoms with van der Waals surface area (Å²) in [5.41, 5.74) is 8.49. The van der Waals surface area contributed by atoms with Gasteiger partial charge in [-0.15, -0.1) is 0 Å². The number of rotatable bonds is 8. The number of fused-ring (bicyclic) bond motifs is 6. The van der Waals surface area contributed by atoms with Crippen molar-refractivity contribution in [1.82, 2.24) is 0 Å². The van der Waals surface area contributed by atoms with Gasteiger partial charge in [-0.2, -0.15) is 47.9 Å². The van der Waals surface area contributed by atoms with E-state index in [9.17, 15) is 47.9 Å². The first-order valence-corrected chi connectivity index (χ1v) is 20.5. The Morgan fingerprint density at radius 1 is 0.431 bits per heavy atom. The van der Waals surface area contributed by atoms with Gasteiger partial charge in [0, 0.05) is 52.9 Å². The van der Waals surface area contributed by atoms with Crippen molar-refractivity contribution in [2.24, 2.45) is 0 Å². The molecular weight excluding hydrogens is 1270 g/mol. The summed E-state index contributed by atoms with van der Waals surface area (Å²) in [6, 6.07) is 46.6. The fourth-order valence-electron chi connectivity index (χ4n) is 6.97. The van der Waals surface area contributed by atoms with Crippen molar-refractivity contribution in [2.75, 3.05) is 0 Å². The van der Waals surface area contributed by atoms with E-state index in [4.69, 9.17) is 32.0 Å². The van der Waals surface area contributed by atoms with Crippen molar-refractivity contribution in [3.8, 4) is 39.1 Å². The Hall–Kier alpha value is -4.78. The molecule has 0 atom stereocenters. The molecule has 2 aromatic heterocycles. The van der Waals surface area contributed by atoms with Crippen molar-refractivity contribution in [3.63, 3.8) is 0 Å². The van der Waals surface area contributed by atoms with Crippen LogP contribution in [0.3, 0.4) is 0 Å². The molecule has 65 heavy (non-hydrogen) atoms. The zero-order chi connectivity index (χ0) is 45.1. The quantitative estimate of drug-likeness (QED) is 0.112. The second-order valence-corrected chi connectivity index (χ2v) is 16.4. The molecule has 9 aromatic rings. The van der Waals surface area contributed by atoms with Crippen molar-refractivity contribution in [3.05, 3.63) is 162 Å². The van der Waals surface area contributed by atoms with E-state index in [-0.39, 0.29) is 63.7 Å². The van der Waals surface area contributed by atoms with Gasteiger partial charge in [0.25, 0.3) is 0 Å². The first-order valence-electron chi connectivity index (χ1n) is 18.3. The molecule has 0 aliphatic carbocycles. The normalized spacial score (nSPS) is 12.4. The maximum absolute atomic E-state index is 13.9. The first kappa shape index (κ1) is 49.6. The molecule has 0 bridgehead atoms. The second-order valence-electron chi connectivity index (χ2n) is 14.0. The van der Waals surface area contributed by atoms with E-state index in [0.29, 0.717) is 11.1 Å². The van der Waals surface area contributed by atoms with Crippen LogP contribution in [0.5, 0.6) is 5.75 Å². The summed E-state index contributed by atoms with van der Waals surface area (Å²) in [4.78, 5) is 0. The molecule has 7 aromatic carbocycles. The largest absolute Gasteiger partial charge is 0.460 e. The fourth-order valence-corrected chi connectivity index (χ4v) is 8.41. The first-order chi connectivity index (χ1) is 29.7. The zero-order valence-electron chi connectivity index (χ0n) is 32.4. The van der Waals surface area contributed by atoms with E-state index in [2.05, 4.69) is 83.0 Å². The van der Waals surface area contributed by atoms with Crippen LogP contribution in [0.1, 0.15) is 0 Å². The average molecular weight is 1300 g/mol. The average Bonchev–Trinajstić information content (AvgIpc) is 3.84. The van der Waals surface area contributed by atoms with Crippen molar-refractivity contribution < 1.29 is 103 Å². The smallest absolute Gasteiger partial charge is 0.456 e. The Morgan fingerprint density at radius 2 is 0.846 bits per heavy atom. The molecule has 334 valence electrons. The van der Waals surface area contributed by atoms with E-state index in [0.717, 1.165) is 39.1 Å². The predicted octanol–water partition coefficient (Wildman–Crippen LogP) is 15.6. The summed E-state index contributed by atoms with van der Waals surface area (Å²) < 4.78 is 157. The number of hydrogen-bond donors (Lipinski definition) is 0. The van der Waals surface area contributed by atoms with Gasteiger partial charge in [-0.25, -0.2) is 0 Å². The van der Waals surface area contributed by atoms with E-state index >= 15 is 0 Å². The Labute approximate surface area is 401 Å². The van der Waals surface area contributed by atoms with Gasteiger partial charge < -0.3 is 13.0 Å². The van der Waals surface area contributed by atoms with Gasteiger partial charge in [0.2, 0.25) is 0 Å². The van der Waals surface area contributed by atoms with Crippen LogP contribution in [0.2, 0.25) is 10.0 Å². The second kappa shape index (κ2) is 18.5. The zero-order valence-corrected chi connectivity index (χ0v) is 40.6. The van der Waals surface area contributed by atoms with Crippen LogP contribution < -0.4 is 4.18 Å². The third kappa shape index (κ3) is 8.82. The predicted molar refractivity (Wildman–Crippen MR) is 224 cm³/mol. The number of halogens is 11. The number of hydrogen-bond acceptors (Lipinski definition) is 5. The topological polar surface area (TPSA) is 69.7 Å². The Morgan fingerprint density at radius 3 is 1.40 bits per heavy atom. The number of alkyl halides is 9. The summed E-state index contributed by atoms with van der Waals surface area (Å²) >= 11 is 12.5. The minimum absolute atomic E-state index is 0. The molecule has 0 unspecified atom stereocenters. The molecular formula is C46H25Cl2F9O5SW2. The molecule has 0 amide bonds. The third-order valence-corrected chi connectivity index (χ3v) is 11.9. The van der Waals surface area contributed by atoms with Crippen LogP contribution in [0.4, 0.5) is 39.5 Å². The van der Waals surface area contributed by atoms with Gasteiger partial charge >= 0.3 is 33.4 Å². The van der Waals surface area contributed by atoms with E-state index in [1.165, 1.54) is 46.5 Å². The molecule has 5 nitrogen and oxygen atoms in total. The van der Waals surface area contributed by atoms with Crippen LogP contribution in [0.25, 0.3) is 77.3 Å². The van der Waals surface area contributed by atoms with Gasteiger partial charge in [0.15, 0.2) is 5.75 Å². The minimum atomic E-state index is -7.42. The van der Waals surface area contributed by atoms with Gasteiger partial charge in [-0.3, -0.25) is 0 Å². The Kier molecular flexibility index (Phi) is 14.1. The Balaban J connectivity index is 0.000000209. The third-order valence-electron chi connectivity index (χ3n) is 10.0. The van der Waals surface area contributed by atoms with Crippen LogP contribution in [0.15, 0.2) is 160 Å². The molecule has 0 N–H and O–H groups in total. The fraction of sp³-hybridized carbons (Fsp3) is 0.0870. The summed E-state index contributed by atoms with van der Waals surface area (Å²) in [6.45, 7) is 0. The van der Waals surface area contributed by atoms with Crippen molar-refractivity contribution >= 4 is 77.2 Å². The summed E-state index contributed by atoms with van der Waals surface area (Å²) in [6.07, 6.45) is -7.19. The minimum Gasteiger partial charge on any atom is -0.456 e. The molecule has 0 spiro atoms. The summed E-state index contributed by atoms with van der Waals surface area (Å²) in [5, 5.41) is -4.91. The molecule has 0 saturated carbocycles. The van der Waals surface area contributed by atoms with Crippen LogP contribution in [0, 0.1) is 0 Å². The standard InChI is InChI=1S/C30H19ClO.C16H6ClF9O4S.2W/c31-26-12-6-14-28-30(26)29-25(11-5-13-27(29)32-28)24-10-4-9-23(19-24)22-17-15-21(16-18-22)20-7-2-1-3-8-20;17-7-3-1-4-8-11(7)12-9(29-8)5-2-6-10(12)30-31(27,28)16(25,26)14(20,21)13(18,19)15(22,23)24;;/h1-19H;1-6H;;. The molecule has 19 heteroatoms. The van der Waals surface area contributed by atoms with Crippen LogP contribution in [-0.2, 0) is 52.2 Å². The molecule has 0 aliphatic heterocycles. The van der Waals surface area contributed by atoms with Crippen LogP contribution >= 0.6 is 23.2 Å². The molecule has 9 rings (SSSR count). The molecule has 0 saturated heterocycles. The van der Waals surface area contributed by atoms with Crippen molar-refractivity contribution in [1.29, 1.82) is 0 Å². The maximum Gasteiger partial charge on any atom is 0.460 e. The number of furan rings is 2. The van der Waals surface area contributed by atoms with E-state index in [1.807, 2.05) is 36.4 Å². The Bertz CT molecular complexity index is 3290. The summed E-state index contributed by atoms with van der Waals surface area (Å²) in [5.74, 6) is -15.9. The van der Waals surface area contributed by atoms with Gasteiger partial charge in [-0.05, 0) is 81.9 Å². The molecule has 0 radical (unpaired) electrons. The summed E-state index contributed by atoms with van der Waals surface area (Å²) in [7, 11) is -7.11. The van der Waals surface area contributed by atoms with Gasteiger partial charge in [-0.1, -0.05) is 126 Å². The molecule has 0 aliphatic rings. The van der Waals surface area contributed by atoms with Gasteiger partial charge in [0.05, 0.1) is 20.8 Å². The maximum atomic E-state index is 13.9. The molecule has 2 heterocycles. The van der Waals surface area contributed by atoms with E-state index < -0.39 is 44.5 Å². The van der Waals surface area contributed by atoms with Crippen molar-refractivity contribution in [2.45, 2.75) is 23.3 Å². The number of benzene rings is 7. The van der Waals surface area contributed by atoms with Crippen LogP contribution in [-0.4, -0.2) is 31.7 Å². The van der Waals surface area contributed by atoms with Gasteiger partial charge in [0.1, 0.15) is 22.3 Å². The SMILES string of the molecule is Clc1cccc2oc3cccc(-c4cccc(-c5ccc(-c6ccccc6)cc5)c4)c3c12.O=S(=O)(Oc1cccc2oc3cccc(Cl)c3c12)C(F)(F)C(F)(F)C(F)(F)C(F)(F)F.[W].[W]. The molecule has 0 fully saturated rings. The monoisotopic (exact) mass is 1300 g/mol. The van der Waals surface area contributed by atoms with E-state index in [1.54, 1.807) is 0 Å².